The van der Waals surface area contributed by atoms with Gasteiger partial charge in [0.2, 0.25) is 0 Å². The monoisotopic (exact) mass is 326 g/mol. The summed E-state index contributed by atoms with van der Waals surface area (Å²) in [5.41, 5.74) is 0.838. The molecule has 6 heteroatoms. The molecule has 0 bridgehead atoms. The summed E-state index contributed by atoms with van der Waals surface area (Å²) in [4.78, 5) is 0. The van der Waals surface area contributed by atoms with Crippen molar-refractivity contribution >= 4 is 37.4 Å². The maximum atomic E-state index is 10.9. The van der Waals surface area contributed by atoms with Gasteiger partial charge in [-0.25, -0.2) is 8.42 Å². The molecule has 1 aromatic rings. The van der Waals surface area contributed by atoms with E-state index >= 15 is 0 Å². The molecule has 90 valence electrons. The second-order valence-corrected chi connectivity index (χ2v) is 6.72. The van der Waals surface area contributed by atoms with Crippen LogP contribution >= 0.6 is 27.5 Å². The van der Waals surface area contributed by atoms with Crippen LogP contribution in [-0.4, -0.2) is 27.0 Å². The van der Waals surface area contributed by atoms with Gasteiger partial charge in [-0.3, -0.25) is 0 Å². The highest BCUT2D eigenvalue weighted by Gasteiger charge is 2.09. The van der Waals surface area contributed by atoms with E-state index in [-0.39, 0.29) is 12.4 Å². The van der Waals surface area contributed by atoms with Crippen LogP contribution in [0.2, 0.25) is 0 Å². The number of alkyl halides is 1. The SMILES string of the molecule is CS(=O)(=O)CCOc1c(Br)cccc1CCl. The first-order valence-corrected chi connectivity index (χ1v) is 7.96. The van der Waals surface area contributed by atoms with Crippen molar-refractivity contribution in [3.8, 4) is 5.75 Å². The Morgan fingerprint density at radius 2 is 2.12 bits per heavy atom. The lowest BCUT2D eigenvalue weighted by Crippen LogP contribution is -2.12. The van der Waals surface area contributed by atoms with Crippen molar-refractivity contribution < 1.29 is 13.2 Å². The molecule has 0 saturated heterocycles. The third-order valence-corrected chi connectivity index (χ3v) is 3.71. The molecule has 0 aliphatic carbocycles. The maximum absolute atomic E-state index is 10.9. The highest BCUT2D eigenvalue weighted by molar-refractivity contribution is 9.10. The van der Waals surface area contributed by atoms with Gasteiger partial charge in [-0.15, -0.1) is 11.6 Å². The van der Waals surface area contributed by atoms with Crippen LogP contribution in [0.25, 0.3) is 0 Å². The number of ether oxygens (including phenoxy) is 1. The number of sulfone groups is 1. The predicted octanol–water partition coefficient (Wildman–Crippen LogP) is 2.61. The van der Waals surface area contributed by atoms with Gasteiger partial charge in [-0.05, 0) is 22.0 Å². The lowest BCUT2D eigenvalue weighted by Gasteiger charge is -2.11. The van der Waals surface area contributed by atoms with Crippen LogP contribution < -0.4 is 4.74 Å². The molecule has 16 heavy (non-hydrogen) atoms. The molecule has 0 radical (unpaired) electrons. The third kappa shape index (κ3) is 4.31. The van der Waals surface area contributed by atoms with E-state index in [0.29, 0.717) is 11.6 Å². The third-order valence-electron chi connectivity index (χ3n) is 1.89. The summed E-state index contributed by atoms with van der Waals surface area (Å²) >= 11 is 9.09. The molecular formula is C10H12BrClO3S. The van der Waals surface area contributed by atoms with Crippen LogP contribution in [0.5, 0.6) is 5.75 Å². The standard InChI is InChI=1S/C10H12BrClO3S/c1-16(13,14)6-5-15-10-8(7-12)3-2-4-9(10)11/h2-4H,5-7H2,1H3. The first kappa shape index (κ1) is 13.8. The van der Waals surface area contributed by atoms with Crippen LogP contribution in [0.4, 0.5) is 0 Å². The molecule has 0 atom stereocenters. The summed E-state index contributed by atoms with van der Waals surface area (Å²) in [6.07, 6.45) is 1.18. The van der Waals surface area contributed by atoms with E-state index in [4.69, 9.17) is 16.3 Å². The van der Waals surface area contributed by atoms with Gasteiger partial charge < -0.3 is 4.74 Å². The van der Waals surface area contributed by atoms with Crippen LogP contribution in [0.3, 0.4) is 0 Å². The van der Waals surface area contributed by atoms with E-state index in [0.717, 1.165) is 10.0 Å². The summed E-state index contributed by atoms with van der Waals surface area (Å²) < 4.78 is 28.1. The molecule has 0 aliphatic heterocycles. The van der Waals surface area contributed by atoms with Crippen molar-refractivity contribution in [3.63, 3.8) is 0 Å². The van der Waals surface area contributed by atoms with Gasteiger partial charge in [0.25, 0.3) is 0 Å². The minimum atomic E-state index is -3.00. The Labute approximate surface area is 109 Å². The lowest BCUT2D eigenvalue weighted by atomic mass is 10.2. The van der Waals surface area contributed by atoms with E-state index in [1.54, 1.807) is 0 Å². The molecule has 1 rings (SSSR count). The molecule has 0 spiro atoms. The quantitative estimate of drug-likeness (QED) is 0.781. The number of rotatable bonds is 5. The van der Waals surface area contributed by atoms with Crippen LogP contribution in [0.15, 0.2) is 22.7 Å². The second kappa shape index (κ2) is 5.89. The van der Waals surface area contributed by atoms with Crippen molar-refractivity contribution in [2.45, 2.75) is 5.88 Å². The number of hydrogen-bond acceptors (Lipinski definition) is 3. The van der Waals surface area contributed by atoms with Crippen molar-refractivity contribution in [1.82, 2.24) is 0 Å². The Bertz CT molecular complexity index is 459. The molecule has 0 saturated carbocycles. The van der Waals surface area contributed by atoms with Gasteiger partial charge in [0.15, 0.2) is 9.84 Å². The summed E-state index contributed by atoms with van der Waals surface area (Å²) in [5.74, 6) is 0.935. The Morgan fingerprint density at radius 3 is 2.69 bits per heavy atom. The lowest BCUT2D eigenvalue weighted by molar-refractivity contribution is 0.336. The number of benzene rings is 1. The van der Waals surface area contributed by atoms with Crippen molar-refractivity contribution in [1.29, 1.82) is 0 Å². The molecule has 0 unspecified atom stereocenters. The molecule has 1 aromatic carbocycles. The fourth-order valence-corrected chi connectivity index (χ4v) is 2.23. The molecule has 0 heterocycles. The average Bonchev–Trinajstić information content (AvgIpc) is 2.18. The molecule has 3 nitrogen and oxygen atoms in total. The normalized spacial score (nSPS) is 11.4. The molecule has 0 N–H and O–H groups in total. The van der Waals surface area contributed by atoms with E-state index in [2.05, 4.69) is 15.9 Å². The number of para-hydroxylation sites is 1. The van der Waals surface area contributed by atoms with E-state index in [9.17, 15) is 8.42 Å². The Morgan fingerprint density at radius 1 is 1.44 bits per heavy atom. The molecular weight excluding hydrogens is 316 g/mol. The van der Waals surface area contributed by atoms with E-state index in [1.807, 2.05) is 18.2 Å². The zero-order valence-corrected chi connectivity index (χ0v) is 11.9. The zero-order chi connectivity index (χ0) is 12.2. The highest BCUT2D eigenvalue weighted by Crippen LogP contribution is 2.30. The highest BCUT2D eigenvalue weighted by atomic mass is 79.9. The van der Waals surface area contributed by atoms with Gasteiger partial charge in [-0.2, -0.15) is 0 Å². The van der Waals surface area contributed by atoms with Crippen LogP contribution in [0, 0.1) is 0 Å². The van der Waals surface area contributed by atoms with E-state index < -0.39 is 9.84 Å². The molecule has 0 aromatic heterocycles. The van der Waals surface area contributed by atoms with Crippen molar-refractivity contribution in [3.05, 3.63) is 28.2 Å². The van der Waals surface area contributed by atoms with Crippen molar-refractivity contribution in [2.24, 2.45) is 0 Å². The fourth-order valence-electron chi connectivity index (χ4n) is 1.12. The summed E-state index contributed by atoms with van der Waals surface area (Å²) in [7, 11) is -3.00. The first-order chi connectivity index (χ1) is 7.44. The Balaban J connectivity index is 2.73. The van der Waals surface area contributed by atoms with Crippen LogP contribution in [-0.2, 0) is 15.7 Å². The minimum absolute atomic E-state index is 0.00391. The Hall–Kier alpha value is -0.260. The zero-order valence-electron chi connectivity index (χ0n) is 8.74. The smallest absolute Gasteiger partial charge is 0.150 e. The minimum Gasteiger partial charge on any atom is -0.491 e. The van der Waals surface area contributed by atoms with Gasteiger partial charge in [-0.1, -0.05) is 12.1 Å². The largest absolute Gasteiger partial charge is 0.491 e. The first-order valence-electron chi connectivity index (χ1n) is 4.58. The molecule has 0 amide bonds. The average molecular weight is 328 g/mol. The molecule has 0 aliphatic rings. The van der Waals surface area contributed by atoms with E-state index in [1.165, 1.54) is 6.26 Å². The summed E-state index contributed by atoms with van der Waals surface area (Å²) in [6, 6.07) is 5.52. The van der Waals surface area contributed by atoms with Gasteiger partial charge in [0.05, 0.1) is 16.1 Å². The Kier molecular flexibility index (Phi) is 5.08. The van der Waals surface area contributed by atoms with Gasteiger partial charge >= 0.3 is 0 Å². The topological polar surface area (TPSA) is 43.4 Å². The fraction of sp³-hybridized carbons (Fsp3) is 0.400. The number of halogens is 2. The maximum Gasteiger partial charge on any atom is 0.150 e. The second-order valence-electron chi connectivity index (χ2n) is 3.34. The van der Waals surface area contributed by atoms with Gasteiger partial charge in [0.1, 0.15) is 12.4 Å². The van der Waals surface area contributed by atoms with Crippen LogP contribution in [0.1, 0.15) is 5.56 Å². The predicted molar refractivity (Wildman–Crippen MR) is 68.9 cm³/mol. The van der Waals surface area contributed by atoms with Gasteiger partial charge in [0, 0.05) is 11.8 Å². The summed E-state index contributed by atoms with van der Waals surface area (Å²) in [6.45, 7) is 0.130. The molecule has 0 fully saturated rings. The van der Waals surface area contributed by atoms with Crippen molar-refractivity contribution in [2.75, 3.05) is 18.6 Å². The summed E-state index contributed by atoms with van der Waals surface area (Å²) in [5, 5.41) is 0. The number of hydrogen-bond donors (Lipinski definition) is 0.